The van der Waals surface area contributed by atoms with Gasteiger partial charge >= 0.3 is 5.97 Å². The van der Waals surface area contributed by atoms with E-state index in [4.69, 9.17) is 11.6 Å². The van der Waals surface area contributed by atoms with E-state index < -0.39 is 12.0 Å². The summed E-state index contributed by atoms with van der Waals surface area (Å²) in [4.78, 5) is 41.5. The number of nitrogens with zero attached hydrogens (tertiary/aromatic N) is 1. The average molecular weight is 680 g/mol. The highest BCUT2D eigenvalue weighted by molar-refractivity contribution is 8.00. The van der Waals surface area contributed by atoms with E-state index in [2.05, 4.69) is 48.7 Å². The molecule has 10 heteroatoms. The van der Waals surface area contributed by atoms with Gasteiger partial charge in [-0.1, -0.05) is 98.6 Å². The summed E-state index contributed by atoms with van der Waals surface area (Å²) in [5.41, 5.74) is 1.06. The van der Waals surface area contributed by atoms with Gasteiger partial charge in [0, 0.05) is 34.4 Å². The molecular weight excluding hydrogens is 638 g/mol. The van der Waals surface area contributed by atoms with E-state index in [9.17, 15) is 19.5 Å². The molecular formula is C36H42ClN3O4S2. The lowest BCUT2D eigenvalue weighted by molar-refractivity contribution is -0.142. The molecule has 46 heavy (non-hydrogen) atoms. The van der Waals surface area contributed by atoms with Crippen molar-refractivity contribution in [3.05, 3.63) is 89.4 Å². The van der Waals surface area contributed by atoms with Crippen LogP contribution in [0.15, 0.2) is 83.8 Å². The van der Waals surface area contributed by atoms with Gasteiger partial charge in [-0.05, 0) is 58.2 Å². The maximum absolute atomic E-state index is 13.4. The summed E-state index contributed by atoms with van der Waals surface area (Å²) in [5, 5.41) is 20.5. The third-order valence-corrected chi connectivity index (χ3v) is 10.2. The van der Waals surface area contributed by atoms with Crippen molar-refractivity contribution in [2.75, 3.05) is 30.9 Å². The van der Waals surface area contributed by atoms with Crippen molar-refractivity contribution >= 4 is 74.5 Å². The number of hydrogen-bond acceptors (Lipinski definition) is 6. The van der Waals surface area contributed by atoms with Gasteiger partial charge in [-0.25, -0.2) is 4.79 Å². The molecule has 0 spiro atoms. The summed E-state index contributed by atoms with van der Waals surface area (Å²) in [6.07, 6.45) is 3.09. The largest absolute Gasteiger partial charge is 0.480 e. The van der Waals surface area contributed by atoms with Crippen LogP contribution in [0, 0.1) is 5.92 Å². The summed E-state index contributed by atoms with van der Waals surface area (Å²) in [7, 11) is 0. The van der Waals surface area contributed by atoms with Gasteiger partial charge < -0.3 is 15.7 Å². The van der Waals surface area contributed by atoms with Gasteiger partial charge in [0.1, 0.15) is 6.04 Å². The van der Waals surface area contributed by atoms with Gasteiger partial charge in [0.2, 0.25) is 11.8 Å². The maximum Gasteiger partial charge on any atom is 0.326 e. The molecule has 3 unspecified atom stereocenters. The molecule has 0 bridgehead atoms. The zero-order chi connectivity index (χ0) is 33.1. The number of hydrogen-bond donors (Lipinski definition) is 3. The van der Waals surface area contributed by atoms with Crippen molar-refractivity contribution in [3.8, 4) is 0 Å². The SMILES string of the molecule is CCC(C)C(CN(CC(=O)NC(CCSC)C(=O)O)Cc1cccc2ccccc12)NC(=O)CSc1cccc2cccc(Cl)c12. The first kappa shape index (κ1) is 35.6. The Morgan fingerprint density at radius 2 is 1.61 bits per heavy atom. The lowest BCUT2D eigenvalue weighted by Crippen LogP contribution is -2.51. The first-order valence-corrected chi connectivity index (χ1v) is 18.2. The predicted octanol–water partition coefficient (Wildman–Crippen LogP) is 7.09. The quantitative estimate of drug-likeness (QED) is 0.103. The normalized spacial score (nSPS) is 13.4. The fourth-order valence-corrected chi connectivity index (χ4v) is 7.23. The molecule has 0 radical (unpaired) electrons. The molecule has 0 fully saturated rings. The number of fused-ring (bicyclic) bond motifs is 2. The van der Waals surface area contributed by atoms with Gasteiger partial charge in [-0.2, -0.15) is 11.8 Å². The number of carbonyl (C=O) groups excluding carboxylic acids is 2. The number of carboxylic acids is 1. The van der Waals surface area contributed by atoms with Crippen molar-refractivity contribution in [1.82, 2.24) is 15.5 Å². The number of benzene rings is 4. The summed E-state index contributed by atoms with van der Waals surface area (Å²) in [6, 6.07) is 24.8. The van der Waals surface area contributed by atoms with Crippen LogP contribution in [0.2, 0.25) is 5.02 Å². The smallest absolute Gasteiger partial charge is 0.326 e. The molecule has 0 saturated carbocycles. The molecule has 0 aliphatic heterocycles. The average Bonchev–Trinajstić information content (AvgIpc) is 3.05. The third kappa shape index (κ3) is 9.88. The van der Waals surface area contributed by atoms with Crippen molar-refractivity contribution in [2.24, 2.45) is 5.92 Å². The van der Waals surface area contributed by atoms with Crippen LogP contribution in [0.3, 0.4) is 0 Å². The van der Waals surface area contributed by atoms with Crippen LogP contribution in [0.4, 0.5) is 0 Å². The Kier molecular flexibility index (Phi) is 13.6. The van der Waals surface area contributed by atoms with Crippen LogP contribution in [-0.2, 0) is 20.9 Å². The number of halogens is 1. The molecule has 4 aromatic rings. The van der Waals surface area contributed by atoms with E-state index in [1.54, 1.807) is 11.8 Å². The highest BCUT2D eigenvalue weighted by atomic mass is 35.5. The van der Waals surface area contributed by atoms with Crippen LogP contribution in [0.1, 0.15) is 32.3 Å². The summed E-state index contributed by atoms with van der Waals surface area (Å²) < 4.78 is 0. The van der Waals surface area contributed by atoms with E-state index >= 15 is 0 Å². The molecule has 3 N–H and O–H groups in total. The molecule has 244 valence electrons. The zero-order valence-corrected chi connectivity index (χ0v) is 28.9. The summed E-state index contributed by atoms with van der Waals surface area (Å²) in [6.45, 7) is 5.07. The van der Waals surface area contributed by atoms with Crippen molar-refractivity contribution < 1.29 is 19.5 Å². The van der Waals surface area contributed by atoms with Gasteiger partial charge in [0.05, 0.1) is 12.3 Å². The molecule has 0 saturated heterocycles. The number of thioether (sulfide) groups is 2. The number of carboxylic acid groups (broad SMARTS) is 1. The number of aliphatic carboxylic acids is 1. The molecule has 0 aliphatic carbocycles. The first-order valence-electron chi connectivity index (χ1n) is 15.5. The standard InChI is InChI=1S/C36H42ClN3O4S2/c1-4-24(2)31(39-34(42)23-46-32-17-9-13-26-12-8-16-29(37)35(26)32)21-40(22-33(41)38-30(36(43)44)18-19-45-3)20-27-14-7-11-25-10-5-6-15-28(25)27/h5-17,24,30-31H,4,18-23H2,1-3H3,(H,38,41)(H,39,42)(H,43,44). The van der Waals surface area contributed by atoms with Gasteiger partial charge in [-0.15, -0.1) is 11.8 Å². The topological polar surface area (TPSA) is 98.7 Å². The van der Waals surface area contributed by atoms with Crippen LogP contribution in [0.25, 0.3) is 21.5 Å². The van der Waals surface area contributed by atoms with Crippen LogP contribution in [0.5, 0.6) is 0 Å². The number of nitrogens with one attached hydrogen (secondary N) is 2. The molecule has 2 amide bonds. The Morgan fingerprint density at radius 3 is 2.35 bits per heavy atom. The number of carbonyl (C=O) groups is 3. The van der Waals surface area contributed by atoms with Crippen LogP contribution >= 0.6 is 35.1 Å². The number of rotatable bonds is 17. The van der Waals surface area contributed by atoms with Crippen LogP contribution in [-0.4, -0.2) is 70.7 Å². The molecule has 7 nitrogen and oxygen atoms in total. The van der Waals surface area contributed by atoms with E-state index in [0.29, 0.717) is 30.3 Å². The Bertz CT molecular complexity index is 1640. The van der Waals surface area contributed by atoms with Gasteiger partial charge in [0.15, 0.2) is 0 Å². The summed E-state index contributed by atoms with van der Waals surface area (Å²) in [5.74, 6) is -0.521. The van der Waals surface area contributed by atoms with E-state index in [0.717, 1.165) is 38.4 Å². The predicted molar refractivity (Wildman–Crippen MR) is 193 cm³/mol. The fraction of sp³-hybridized carbons (Fsp3) is 0.361. The van der Waals surface area contributed by atoms with Crippen LogP contribution < -0.4 is 10.6 Å². The van der Waals surface area contributed by atoms with Crippen molar-refractivity contribution in [2.45, 2.75) is 50.2 Å². The molecule has 4 rings (SSSR count). The Labute approximate surface area is 284 Å². The van der Waals surface area contributed by atoms with Crippen molar-refractivity contribution in [1.29, 1.82) is 0 Å². The fourth-order valence-electron chi connectivity index (χ4n) is 5.50. The van der Waals surface area contributed by atoms with E-state index in [1.165, 1.54) is 11.8 Å². The Morgan fingerprint density at radius 1 is 0.913 bits per heavy atom. The molecule has 0 heterocycles. The minimum atomic E-state index is -1.04. The monoisotopic (exact) mass is 679 g/mol. The highest BCUT2D eigenvalue weighted by Gasteiger charge is 2.26. The molecule has 0 aliphatic rings. The number of amides is 2. The van der Waals surface area contributed by atoms with E-state index in [-0.39, 0.29) is 36.1 Å². The minimum Gasteiger partial charge on any atom is -0.480 e. The lowest BCUT2D eigenvalue weighted by Gasteiger charge is -2.31. The molecule has 3 atom stereocenters. The second kappa shape index (κ2) is 17.6. The second-order valence-electron chi connectivity index (χ2n) is 11.5. The lowest BCUT2D eigenvalue weighted by atomic mass is 9.97. The Hall–Kier alpha value is -3.24. The minimum absolute atomic E-state index is 0.00166. The molecule has 0 aromatic heterocycles. The first-order chi connectivity index (χ1) is 22.2. The third-order valence-electron chi connectivity index (χ3n) is 8.19. The summed E-state index contributed by atoms with van der Waals surface area (Å²) >= 11 is 9.50. The maximum atomic E-state index is 13.4. The Balaban J connectivity index is 1.52. The van der Waals surface area contributed by atoms with Gasteiger partial charge in [0.25, 0.3) is 0 Å². The van der Waals surface area contributed by atoms with Gasteiger partial charge in [-0.3, -0.25) is 14.5 Å². The molecule has 4 aromatic carbocycles. The highest BCUT2D eigenvalue weighted by Crippen LogP contribution is 2.33. The second-order valence-corrected chi connectivity index (χ2v) is 13.9. The zero-order valence-electron chi connectivity index (χ0n) is 26.5. The van der Waals surface area contributed by atoms with E-state index in [1.807, 2.05) is 65.8 Å². The van der Waals surface area contributed by atoms with Crippen molar-refractivity contribution in [3.63, 3.8) is 0 Å².